The monoisotopic (exact) mass is 318 g/mol. The molecule has 1 aliphatic rings. The van der Waals surface area contributed by atoms with Gasteiger partial charge in [0.25, 0.3) is 5.91 Å². The fourth-order valence-electron chi connectivity index (χ4n) is 3.03. The van der Waals surface area contributed by atoms with Crippen LogP contribution in [0.4, 0.5) is 8.78 Å². The van der Waals surface area contributed by atoms with Gasteiger partial charge in [0.05, 0.1) is 0 Å². The smallest absolute Gasteiger partial charge is 0.267 e. The second-order valence-electron chi connectivity index (χ2n) is 5.76. The van der Waals surface area contributed by atoms with Crippen LogP contribution in [0.3, 0.4) is 0 Å². The summed E-state index contributed by atoms with van der Waals surface area (Å²) in [5.41, 5.74) is 7.56. The van der Waals surface area contributed by atoms with E-state index in [4.69, 9.17) is 5.73 Å². The summed E-state index contributed by atoms with van der Waals surface area (Å²) in [5, 5.41) is 9.33. The number of hydrogen-bond acceptors (Lipinski definition) is 3. The van der Waals surface area contributed by atoms with E-state index in [9.17, 15) is 18.7 Å². The minimum Gasteiger partial charge on any atom is -0.396 e. The molecule has 0 fully saturated rings. The van der Waals surface area contributed by atoms with Gasteiger partial charge >= 0.3 is 0 Å². The van der Waals surface area contributed by atoms with E-state index in [1.54, 1.807) is 0 Å². The summed E-state index contributed by atoms with van der Waals surface area (Å²) >= 11 is 0. The second-order valence-corrected chi connectivity index (χ2v) is 5.76. The van der Waals surface area contributed by atoms with Gasteiger partial charge in [-0.15, -0.1) is 0 Å². The van der Waals surface area contributed by atoms with Crippen LogP contribution < -0.4 is 5.73 Å². The largest absolute Gasteiger partial charge is 0.396 e. The maximum atomic E-state index is 14.2. The molecule has 6 heteroatoms. The third-order valence-corrected chi connectivity index (χ3v) is 4.23. The quantitative estimate of drug-likeness (QED) is 0.911. The predicted octanol–water partition coefficient (Wildman–Crippen LogP) is 2.22. The summed E-state index contributed by atoms with van der Waals surface area (Å²) in [7, 11) is 0. The number of pyridine rings is 1. The van der Waals surface area contributed by atoms with Gasteiger partial charge in [0.15, 0.2) is 0 Å². The van der Waals surface area contributed by atoms with Crippen LogP contribution >= 0.6 is 0 Å². The highest BCUT2D eigenvalue weighted by Gasteiger charge is 2.25. The van der Waals surface area contributed by atoms with Crippen LogP contribution in [0.25, 0.3) is 11.1 Å². The number of aliphatic hydroxyl groups excluding tert-OH is 1. The highest BCUT2D eigenvalue weighted by Crippen LogP contribution is 2.34. The average molecular weight is 318 g/mol. The zero-order chi connectivity index (χ0) is 16.6. The maximum Gasteiger partial charge on any atom is 0.267 e. The maximum absolute atomic E-state index is 14.2. The van der Waals surface area contributed by atoms with Crippen LogP contribution in [0.1, 0.15) is 28.2 Å². The van der Waals surface area contributed by atoms with Crippen molar-refractivity contribution in [3.8, 4) is 11.1 Å². The van der Waals surface area contributed by atoms with Crippen molar-refractivity contribution >= 4 is 5.91 Å². The molecule has 1 atom stereocenters. The Morgan fingerprint density at radius 2 is 2.09 bits per heavy atom. The summed E-state index contributed by atoms with van der Waals surface area (Å²) < 4.78 is 27.3. The van der Waals surface area contributed by atoms with Crippen LogP contribution in [-0.2, 0) is 12.8 Å². The standard InChI is InChI=1S/C17H16F2N2O2/c18-10-2-4-11(14(19)6-10)13-7-16(17(20)23)21-15-5-9(8-22)1-3-12(13)15/h2,4,6-7,9,22H,1,3,5,8H2,(H2,20,23)/t9-/m1/s1. The highest BCUT2D eigenvalue weighted by atomic mass is 19.1. The fourth-order valence-corrected chi connectivity index (χ4v) is 3.03. The molecule has 0 aliphatic heterocycles. The number of hydrogen-bond donors (Lipinski definition) is 2. The second kappa shape index (κ2) is 6.04. The first-order valence-electron chi connectivity index (χ1n) is 7.38. The molecule has 0 unspecified atom stereocenters. The van der Waals surface area contributed by atoms with Crippen LogP contribution in [-0.4, -0.2) is 22.6 Å². The van der Waals surface area contributed by atoms with Gasteiger partial charge in [-0.1, -0.05) is 0 Å². The van der Waals surface area contributed by atoms with Crippen molar-refractivity contribution in [3.63, 3.8) is 0 Å². The van der Waals surface area contributed by atoms with Crippen LogP contribution in [0, 0.1) is 17.6 Å². The van der Waals surface area contributed by atoms with E-state index in [0.29, 0.717) is 24.1 Å². The lowest BCUT2D eigenvalue weighted by Gasteiger charge is -2.25. The van der Waals surface area contributed by atoms with Crippen LogP contribution in [0.15, 0.2) is 24.3 Å². The number of aromatic nitrogens is 1. The normalized spacial score (nSPS) is 16.9. The Bertz CT molecular complexity index is 777. The molecule has 1 aromatic heterocycles. The number of rotatable bonds is 3. The van der Waals surface area contributed by atoms with E-state index in [-0.39, 0.29) is 23.8 Å². The van der Waals surface area contributed by atoms with Gasteiger partial charge in [0.2, 0.25) is 0 Å². The summed E-state index contributed by atoms with van der Waals surface area (Å²) in [4.78, 5) is 15.8. The molecule has 1 aromatic carbocycles. The zero-order valence-corrected chi connectivity index (χ0v) is 12.4. The lowest BCUT2D eigenvalue weighted by atomic mass is 9.83. The number of nitrogens with zero attached hydrogens (tertiary/aromatic N) is 1. The highest BCUT2D eigenvalue weighted by molar-refractivity contribution is 5.92. The number of carbonyl (C=O) groups is 1. The number of carbonyl (C=O) groups excluding carboxylic acids is 1. The SMILES string of the molecule is NC(=O)c1cc(-c2ccc(F)cc2F)c2c(n1)C[C@H](CO)CC2. The molecule has 3 N–H and O–H groups in total. The molecule has 3 rings (SSSR count). The third kappa shape index (κ3) is 2.94. The summed E-state index contributed by atoms with van der Waals surface area (Å²) in [6, 6.07) is 4.79. The number of halogens is 2. The van der Waals surface area contributed by atoms with E-state index in [1.807, 2.05) is 0 Å². The first-order valence-corrected chi connectivity index (χ1v) is 7.38. The molecule has 0 saturated heterocycles. The summed E-state index contributed by atoms with van der Waals surface area (Å²) in [6.07, 6.45) is 1.86. The molecule has 2 aromatic rings. The first-order chi connectivity index (χ1) is 11.0. The molecule has 23 heavy (non-hydrogen) atoms. The van der Waals surface area contributed by atoms with Gasteiger partial charge in [0.1, 0.15) is 17.3 Å². The lowest BCUT2D eigenvalue weighted by Crippen LogP contribution is -2.22. The van der Waals surface area contributed by atoms with Crippen molar-refractivity contribution in [2.24, 2.45) is 11.7 Å². The van der Waals surface area contributed by atoms with Crippen molar-refractivity contribution in [2.45, 2.75) is 19.3 Å². The molecule has 1 amide bonds. The fraction of sp³-hybridized carbons (Fsp3) is 0.294. The number of amides is 1. The molecule has 0 saturated carbocycles. The Labute approximate surface area is 132 Å². The average Bonchev–Trinajstić information content (AvgIpc) is 2.53. The minimum atomic E-state index is -0.706. The van der Waals surface area contributed by atoms with Crippen LogP contribution in [0.5, 0.6) is 0 Å². The lowest BCUT2D eigenvalue weighted by molar-refractivity contribution is 0.0995. The molecule has 1 heterocycles. The number of aliphatic hydroxyl groups is 1. The topological polar surface area (TPSA) is 76.2 Å². The molecule has 1 aliphatic carbocycles. The molecular formula is C17H16F2N2O2. The Hall–Kier alpha value is -2.34. The number of benzene rings is 1. The van der Waals surface area contributed by atoms with Gasteiger partial charge in [-0.3, -0.25) is 4.79 Å². The van der Waals surface area contributed by atoms with Gasteiger partial charge < -0.3 is 10.8 Å². The van der Waals surface area contributed by atoms with E-state index >= 15 is 0 Å². The van der Waals surface area contributed by atoms with E-state index < -0.39 is 17.5 Å². The zero-order valence-electron chi connectivity index (χ0n) is 12.4. The number of fused-ring (bicyclic) bond motifs is 1. The van der Waals surface area contributed by atoms with E-state index in [2.05, 4.69) is 4.98 Å². The Balaban J connectivity index is 2.19. The number of primary amides is 1. The van der Waals surface area contributed by atoms with Crippen molar-refractivity contribution in [1.82, 2.24) is 4.98 Å². The molecular weight excluding hydrogens is 302 g/mol. The predicted molar refractivity (Wildman–Crippen MR) is 80.7 cm³/mol. The van der Waals surface area contributed by atoms with Gasteiger partial charge in [-0.2, -0.15) is 0 Å². The van der Waals surface area contributed by atoms with Gasteiger partial charge in [-0.25, -0.2) is 13.8 Å². The van der Waals surface area contributed by atoms with E-state index in [0.717, 1.165) is 18.1 Å². The van der Waals surface area contributed by atoms with Crippen molar-refractivity contribution in [1.29, 1.82) is 0 Å². The summed E-state index contributed by atoms with van der Waals surface area (Å²) in [5.74, 6) is -2.01. The molecule has 0 radical (unpaired) electrons. The third-order valence-electron chi connectivity index (χ3n) is 4.23. The first kappa shape index (κ1) is 15.6. The molecule has 4 nitrogen and oxygen atoms in total. The van der Waals surface area contributed by atoms with Crippen LogP contribution in [0.2, 0.25) is 0 Å². The molecule has 120 valence electrons. The van der Waals surface area contributed by atoms with Crippen molar-refractivity contribution in [3.05, 3.63) is 52.9 Å². The van der Waals surface area contributed by atoms with Crippen molar-refractivity contribution in [2.75, 3.05) is 6.61 Å². The van der Waals surface area contributed by atoms with Crippen molar-refractivity contribution < 1.29 is 18.7 Å². The van der Waals surface area contributed by atoms with Gasteiger partial charge in [-0.05, 0) is 54.5 Å². The van der Waals surface area contributed by atoms with Gasteiger partial charge in [0, 0.05) is 23.9 Å². The molecule has 0 bridgehead atoms. The number of nitrogens with two attached hydrogens (primary N) is 1. The Morgan fingerprint density at radius 3 is 2.74 bits per heavy atom. The Morgan fingerprint density at radius 1 is 1.30 bits per heavy atom. The minimum absolute atomic E-state index is 0.0299. The Kier molecular flexibility index (Phi) is 4.09. The molecule has 0 spiro atoms. The summed E-state index contributed by atoms with van der Waals surface area (Å²) in [6.45, 7) is 0.0299. The van der Waals surface area contributed by atoms with E-state index in [1.165, 1.54) is 18.2 Å².